The molecule has 5 nitrogen and oxygen atoms in total. The van der Waals surface area contributed by atoms with Gasteiger partial charge in [0.05, 0.1) is 43.2 Å². The van der Waals surface area contributed by atoms with Gasteiger partial charge in [0, 0.05) is 47.6 Å². The van der Waals surface area contributed by atoms with E-state index in [4.69, 9.17) is 18.9 Å². The van der Waals surface area contributed by atoms with Crippen LogP contribution in [0.5, 0.6) is 5.75 Å². The minimum absolute atomic E-state index is 0.0348. The second-order valence-electron chi connectivity index (χ2n) is 10.8. The van der Waals surface area contributed by atoms with Crippen LogP contribution in [0.15, 0.2) is 42.5 Å². The van der Waals surface area contributed by atoms with Gasteiger partial charge in [0.15, 0.2) is 0 Å². The van der Waals surface area contributed by atoms with Crippen LogP contribution in [0.25, 0.3) is 10.1 Å². The topological polar surface area (TPSA) is 60.7 Å². The number of rotatable bonds is 16. The maximum absolute atomic E-state index is 10.1. The molecule has 3 aromatic rings. The van der Waals surface area contributed by atoms with Gasteiger partial charge in [-0.05, 0) is 54.5 Å². The number of thiophene rings is 1. The van der Waals surface area contributed by atoms with Crippen LogP contribution >= 0.6 is 11.3 Å². The smallest absolute Gasteiger partial charge is 0.126 e. The van der Waals surface area contributed by atoms with E-state index >= 15 is 0 Å². The van der Waals surface area contributed by atoms with Gasteiger partial charge in [0.2, 0.25) is 0 Å². The summed E-state index contributed by atoms with van der Waals surface area (Å²) in [5.74, 6) is 0.759. The van der Waals surface area contributed by atoms with Crippen molar-refractivity contribution in [3.63, 3.8) is 0 Å². The monoisotopic (exact) mass is 563 g/mol. The van der Waals surface area contributed by atoms with Crippen LogP contribution in [-0.2, 0) is 20.6 Å². The Morgan fingerprint density at radius 2 is 1.73 bits per heavy atom. The number of benzene rings is 2. The molecule has 3 atom stereocenters. The predicted molar refractivity (Wildman–Crippen MR) is 163 cm³/mol. The molecular formula is C34H45NO4S. The standard InChI is InChI=1S/C34H45NO4S/c1-4-7-14-36-24-29-21-28(37-15-8-5-2)22-33(39-29)31-19-26(27(23-35)20-32(31)38-16-9-6-3)18-30-17-25-12-10-11-13-34(25)40-30/h10-13,17,19-20,28-29,33H,4-9,14-16,18,21-22,24H2,1-3H3/t28-,29-,33+/m0/s1. The van der Waals surface area contributed by atoms with Crippen molar-refractivity contribution in [1.29, 1.82) is 5.26 Å². The number of ether oxygens (including phenoxy) is 4. The van der Waals surface area contributed by atoms with Gasteiger partial charge in [-0.3, -0.25) is 0 Å². The molecule has 1 aliphatic rings. The van der Waals surface area contributed by atoms with Crippen LogP contribution in [0.4, 0.5) is 0 Å². The Morgan fingerprint density at radius 3 is 2.50 bits per heavy atom. The minimum Gasteiger partial charge on any atom is -0.493 e. The lowest BCUT2D eigenvalue weighted by molar-refractivity contribution is -0.138. The summed E-state index contributed by atoms with van der Waals surface area (Å²) >= 11 is 1.79. The highest BCUT2D eigenvalue weighted by Gasteiger charge is 2.33. The van der Waals surface area contributed by atoms with Crippen LogP contribution in [0.1, 0.15) is 99.8 Å². The van der Waals surface area contributed by atoms with Gasteiger partial charge in [-0.25, -0.2) is 0 Å². The largest absolute Gasteiger partial charge is 0.493 e. The molecule has 0 N–H and O–H groups in total. The normalized spacial score (nSPS) is 19.1. The molecule has 0 saturated carbocycles. The maximum Gasteiger partial charge on any atom is 0.126 e. The second-order valence-corrected chi connectivity index (χ2v) is 11.9. The highest BCUT2D eigenvalue weighted by atomic mass is 32.1. The molecule has 6 heteroatoms. The van der Waals surface area contributed by atoms with Crippen molar-refractivity contribution < 1.29 is 18.9 Å². The minimum atomic E-state index is -0.175. The molecule has 2 heterocycles. The number of unbranched alkanes of at least 4 members (excludes halogenated alkanes) is 3. The molecule has 0 amide bonds. The Balaban J connectivity index is 1.63. The molecule has 0 spiro atoms. The van der Waals surface area contributed by atoms with E-state index in [0.717, 1.165) is 81.5 Å². The average molecular weight is 564 g/mol. The van der Waals surface area contributed by atoms with Crippen molar-refractivity contribution >= 4 is 21.4 Å². The molecule has 0 unspecified atom stereocenters. The Hall–Kier alpha value is -2.43. The van der Waals surface area contributed by atoms with Crippen molar-refractivity contribution in [2.24, 2.45) is 0 Å². The lowest BCUT2D eigenvalue weighted by Gasteiger charge is -2.36. The summed E-state index contributed by atoms with van der Waals surface area (Å²) in [6.45, 7) is 9.24. The lowest BCUT2D eigenvalue weighted by Crippen LogP contribution is -2.36. The summed E-state index contributed by atoms with van der Waals surface area (Å²) in [6, 6.07) is 17.2. The molecule has 2 aromatic carbocycles. The highest BCUT2D eigenvalue weighted by Crippen LogP contribution is 2.40. The van der Waals surface area contributed by atoms with Crippen LogP contribution in [0.3, 0.4) is 0 Å². The van der Waals surface area contributed by atoms with Gasteiger partial charge in [-0.15, -0.1) is 11.3 Å². The molecule has 0 aliphatic carbocycles. The highest BCUT2D eigenvalue weighted by molar-refractivity contribution is 7.19. The van der Waals surface area contributed by atoms with Gasteiger partial charge in [0.1, 0.15) is 5.75 Å². The summed E-state index contributed by atoms with van der Waals surface area (Å²) < 4.78 is 26.6. The third kappa shape index (κ3) is 8.54. The zero-order chi connectivity index (χ0) is 28.2. The van der Waals surface area contributed by atoms with Crippen molar-refractivity contribution in [2.45, 2.75) is 96.9 Å². The van der Waals surface area contributed by atoms with E-state index < -0.39 is 0 Å². The van der Waals surface area contributed by atoms with E-state index in [2.05, 4.69) is 63.2 Å². The first kappa shape index (κ1) is 30.5. The van der Waals surface area contributed by atoms with Crippen LogP contribution < -0.4 is 4.74 Å². The first-order chi connectivity index (χ1) is 19.6. The fraction of sp³-hybridized carbons (Fsp3) is 0.559. The SMILES string of the molecule is CCCCOC[C@@H]1C[C@H](OCCCC)C[C@H](c2cc(Cc3cc4ccccc4s3)c(C#N)cc2OCCCC)O1. The Kier molecular flexibility index (Phi) is 12.3. The number of hydrogen-bond acceptors (Lipinski definition) is 6. The molecule has 0 radical (unpaired) electrons. The van der Waals surface area contributed by atoms with E-state index in [-0.39, 0.29) is 18.3 Å². The molecule has 40 heavy (non-hydrogen) atoms. The summed E-state index contributed by atoms with van der Waals surface area (Å²) in [4.78, 5) is 1.25. The fourth-order valence-corrected chi connectivity index (χ4v) is 6.27. The van der Waals surface area contributed by atoms with E-state index in [0.29, 0.717) is 25.2 Å². The van der Waals surface area contributed by atoms with Crippen molar-refractivity contribution in [3.05, 3.63) is 64.0 Å². The van der Waals surface area contributed by atoms with Crippen LogP contribution in [0.2, 0.25) is 0 Å². The average Bonchev–Trinajstić information content (AvgIpc) is 3.38. The van der Waals surface area contributed by atoms with Crippen LogP contribution in [-0.4, -0.2) is 38.6 Å². The Labute approximate surface area is 244 Å². The summed E-state index contributed by atoms with van der Waals surface area (Å²) in [7, 11) is 0. The predicted octanol–water partition coefficient (Wildman–Crippen LogP) is 8.76. The van der Waals surface area contributed by atoms with Gasteiger partial charge >= 0.3 is 0 Å². The van der Waals surface area contributed by atoms with Gasteiger partial charge < -0.3 is 18.9 Å². The molecule has 1 fully saturated rings. The second kappa shape index (κ2) is 16.1. The third-order valence-electron chi connectivity index (χ3n) is 7.46. The zero-order valence-electron chi connectivity index (χ0n) is 24.5. The Bertz CT molecular complexity index is 1200. The summed E-state index contributed by atoms with van der Waals surface area (Å²) in [5, 5.41) is 11.4. The molecular weight excluding hydrogens is 518 g/mol. The van der Waals surface area contributed by atoms with E-state index in [1.165, 1.54) is 15.0 Å². The van der Waals surface area contributed by atoms with Gasteiger partial charge in [-0.1, -0.05) is 58.2 Å². The van der Waals surface area contributed by atoms with E-state index in [1.807, 2.05) is 6.07 Å². The van der Waals surface area contributed by atoms with Crippen molar-refractivity contribution in [3.8, 4) is 11.8 Å². The number of nitrogens with zero attached hydrogens (tertiary/aromatic N) is 1. The van der Waals surface area contributed by atoms with E-state index in [1.54, 1.807) is 11.3 Å². The summed E-state index contributed by atoms with van der Waals surface area (Å²) in [5.41, 5.74) is 2.70. The third-order valence-corrected chi connectivity index (χ3v) is 8.57. The van der Waals surface area contributed by atoms with Gasteiger partial charge in [0.25, 0.3) is 0 Å². The molecule has 4 rings (SSSR count). The first-order valence-electron chi connectivity index (χ1n) is 15.2. The Morgan fingerprint density at radius 1 is 0.950 bits per heavy atom. The quantitative estimate of drug-likeness (QED) is 0.163. The summed E-state index contributed by atoms with van der Waals surface area (Å²) in [6.07, 6.45) is 8.56. The van der Waals surface area contributed by atoms with Crippen molar-refractivity contribution in [2.75, 3.05) is 26.4 Å². The molecule has 1 aromatic heterocycles. The fourth-order valence-electron chi connectivity index (χ4n) is 5.18. The number of hydrogen-bond donors (Lipinski definition) is 0. The number of fused-ring (bicyclic) bond motifs is 1. The van der Waals surface area contributed by atoms with Gasteiger partial charge in [-0.2, -0.15) is 5.26 Å². The molecule has 0 bridgehead atoms. The van der Waals surface area contributed by atoms with E-state index in [9.17, 15) is 5.26 Å². The number of nitriles is 1. The first-order valence-corrected chi connectivity index (χ1v) is 16.0. The molecule has 1 saturated heterocycles. The lowest BCUT2D eigenvalue weighted by atomic mass is 9.92. The molecule has 216 valence electrons. The molecule has 1 aliphatic heterocycles. The maximum atomic E-state index is 10.1. The van der Waals surface area contributed by atoms with Crippen LogP contribution in [0, 0.1) is 11.3 Å². The zero-order valence-corrected chi connectivity index (χ0v) is 25.3. The van der Waals surface area contributed by atoms with Crippen molar-refractivity contribution in [1.82, 2.24) is 0 Å².